The second kappa shape index (κ2) is 5.46. The Kier molecular flexibility index (Phi) is 4.21. The Morgan fingerprint density at radius 2 is 2.43 bits per heavy atom. The van der Waals surface area contributed by atoms with Crippen LogP contribution in [0, 0.1) is 17.2 Å². The fourth-order valence-corrected chi connectivity index (χ4v) is 1.28. The largest absolute Gasteiger partial charge is 0.492 e. The van der Waals surface area contributed by atoms with Crippen LogP contribution in [0.15, 0.2) is 41.4 Å². The molecule has 0 heterocycles. The van der Waals surface area contributed by atoms with Gasteiger partial charge in [0.25, 0.3) is 0 Å². The van der Waals surface area contributed by atoms with E-state index in [2.05, 4.69) is 28.6 Å². The SMILES string of the molecule is C=CC(C#N)COc1cccc(Br)c1. The summed E-state index contributed by atoms with van der Waals surface area (Å²) in [5.74, 6) is 0.496. The van der Waals surface area contributed by atoms with E-state index in [1.807, 2.05) is 24.3 Å². The summed E-state index contributed by atoms with van der Waals surface area (Å²) in [6, 6.07) is 9.59. The highest BCUT2D eigenvalue weighted by Crippen LogP contribution is 2.18. The molecule has 0 aromatic heterocycles. The standard InChI is InChI=1S/C11H10BrNO/c1-2-9(7-13)8-14-11-5-3-4-10(12)6-11/h2-6,9H,1,8H2. The average molecular weight is 252 g/mol. The number of halogens is 1. The minimum absolute atomic E-state index is 0.256. The van der Waals surface area contributed by atoms with E-state index in [0.717, 1.165) is 10.2 Å². The number of hydrogen-bond donors (Lipinski definition) is 0. The van der Waals surface area contributed by atoms with Crippen LogP contribution in [0.3, 0.4) is 0 Å². The molecule has 0 spiro atoms. The number of ether oxygens (including phenoxy) is 1. The molecule has 0 aliphatic heterocycles. The molecular formula is C11H10BrNO. The Balaban J connectivity index is 2.54. The minimum Gasteiger partial charge on any atom is -0.492 e. The van der Waals surface area contributed by atoms with E-state index in [4.69, 9.17) is 10.00 Å². The molecule has 0 saturated heterocycles. The predicted octanol–water partition coefficient (Wildman–Crippen LogP) is 3.15. The molecule has 1 rings (SSSR count). The monoisotopic (exact) mass is 251 g/mol. The summed E-state index contributed by atoms with van der Waals surface area (Å²) in [6.07, 6.45) is 1.58. The molecule has 0 aliphatic rings. The summed E-state index contributed by atoms with van der Waals surface area (Å²) in [7, 11) is 0. The maximum atomic E-state index is 8.65. The first-order chi connectivity index (χ1) is 6.76. The molecule has 0 fully saturated rings. The highest BCUT2D eigenvalue weighted by atomic mass is 79.9. The average Bonchev–Trinajstić information content (AvgIpc) is 2.19. The van der Waals surface area contributed by atoms with Gasteiger partial charge in [-0.2, -0.15) is 5.26 Å². The zero-order valence-electron chi connectivity index (χ0n) is 7.61. The summed E-state index contributed by atoms with van der Waals surface area (Å²) in [5, 5.41) is 8.65. The predicted molar refractivity (Wildman–Crippen MR) is 58.9 cm³/mol. The molecule has 14 heavy (non-hydrogen) atoms. The van der Waals surface area contributed by atoms with Gasteiger partial charge >= 0.3 is 0 Å². The van der Waals surface area contributed by atoms with Crippen molar-refractivity contribution < 1.29 is 4.74 Å². The first-order valence-corrected chi connectivity index (χ1v) is 4.96. The van der Waals surface area contributed by atoms with Gasteiger partial charge in [0.15, 0.2) is 0 Å². The van der Waals surface area contributed by atoms with Crippen LogP contribution in [0.4, 0.5) is 0 Å². The van der Waals surface area contributed by atoms with Crippen molar-refractivity contribution in [2.45, 2.75) is 0 Å². The summed E-state index contributed by atoms with van der Waals surface area (Å²) in [4.78, 5) is 0. The molecule has 1 atom stereocenters. The van der Waals surface area contributed by atoms with E-state index < -0.39 is 0 Å². The van der Waals surface area contributed by atoms with Gasteiger partial charge in [-0.05, 0) is 18.2 Å². The van der Waals surface area contributed by atoms with Crippen LogP contribution in [0.1, 0.15) is 0 Å². The first kappa shape index (κ1) is 10.8. The van der Waals surface area contributed by atoms with Crippen LogP contribution >= 0.6 is 15.9 Å². The molecule has 0 N–H and O–H groups in total. The molecule has 0 bridgehead atoms. The van der Waals surface area contributed by atoms with Crippen molar-refractivity contribution in [2.75, 3.05) is 6.61 Å². The lowest BCUT2D eigenvalue weighted by Crippen LogP contribution is -2.07. The van der Waals surface area contributed by atoms with E-state index in [1.165, 1.54) is 0 Å². The van der Waals surface area contributed by atoms with Crippen molar-refractivity contribution in [1.82, 2.24) is 0 Å². The zero-order valence-corrected chi connectivity index (χ0v) is 9.20. The van der Waals surface area contributed by atoms with Crippen molar-refractivity contribution in [1.29, 1.82) is 5.26 Å². The molecule has 0 radical (unpaired) electrons. The maximum Gasteiger partial charge on any atom is 0.120 e. The third kappa shape index (κ3) is 3.23. The van der Waals surface area contributed by atoms with Gasteiger partial charge in [0.1, 0.15) is 12.4 Å². The maximum absolute atomic E-state index is 8.65. The van der Waals surface area contributed by atoms with Crippen LogP contribution < -0.4 is 4.74 Å². The Bertz CT molecular complexity index is 357. The highest BCUT2D eigenvalue weighted by molar-refractivity contribution is 9.10. The van der Waals surface area contributed by atoms with Gasteiger partial charge in [0.05, 0.1) is 12.0 Å². The van der Waals surface area contributed by atoms with Gasteiger partial charge < -0.3 is 4.74 Å². The van der Waals surface area contributed by atoms with E-state index in [-0.39, 0.29) is 5.92 Å². The Hall–Kier alpha value is -1.27. The number of benzene rings is 1. The molecule has 0 saturated carbocycles. The van der Waals surface area contributed by atoms with Crippen LogP contribution in [-0.2, 0) is 0 Å². The molecule has 0 aliphatic carbocycles. The lowest BCUT2D eigenvalue weighted by Gasteiger charge is -2.07. The van der Waals surface area contributed by atoms with Gasteiger partial charge in [0.2, 0.25) is 0 Å². The van der Waals surface area contributed by atoms with Crippen molar-refractivity contribution in [2.24, 2.45) is 5.92 Å². The minimum atomic E-state index is -0.256. The van der Waals surface area contributed by atoms with Gasteiger partial charge in [-0.1, -0.05) is 28.1 Å². The summed E-state index contributed by atoms with van der Waals surface area (Å²) in [6.45, 7) is 3.89. The van der Waals surface area contributed by atoms with Gasteiger partial charge in [-0.25, -0.2) is 0 Å². The van der Waals surface area contributed by atoms with Crippen molar-refractivity contribution in [3.8, 4) is 11.8 Å². The highest BCUT2D eigenvalue weighted by Gasteiger charge is 2.02. The second-order valence-electron chi connectivity index (χ2n) is 2.74. The normalized spacial score (nSPS) is 11.4. The molecule has 0 amide bonds. The van der Waals surface area contributed by atoms with Gasteiger partial charge in [-0.3, -0.25) is 0 Å². The van der Waals surface area contributed by atoms with Gasteiger partial charge in [0, 0.05) is 4.47 Å². The zero-order chi connectivity index (χ0) is 10.4. The number of nitrogens with zero attached hydrogens (tertiary/aromatic N) is 1. The molecule has 2 nitrogen and oxygen atoms in total. The third-order valence-electron chi connectivity index (χ3n) is 1.68. The third-order valence-corrected chi connectivity index (χ3v) is 2.17. The first-order valence-electron chi connectivity index (χ1n) is 4.17. The molecule has 72 valence electrons. The lowest BCUT2D eigenvalue weighted by molar-refractivity contribution is 0.299. The molecule has 1 unspecified atom stereocenters. The van der Waals surface area contributed by atoms with E-state index in [0.29, 0.717) is 6.61 Å². The Morgan fingerprint density at radius 1 is 1.64 bits per heavy atom. The topological polar surface area (TPSA) is 33.0 Å². The summed E-state index contributed by atoms with van der Waals surface area (Å²) in [5.41, 5.74) is 0. The van der Waals surface area contributed by atoms with Crippen LogP contribution in [0.5, 0.6) is 5.75 Å². The number of nitriles is 1. The smallest absolute Gasteiger partial charge is 0.120 e. The van der Waals surface area contributed by atoms with Crippen molar-refractivity contribution in [3.63, 3.8) is 0 Å². The van der Waals surface area contributed by atoms with Gasteiger partial charge in [-0.15, -0.1) is 6.58 Å². The van der Waals surface area contributed by atoms with Crippen LogP contribution in [0.2, 0.25) is 0 Å². The summed E-state index contributed by atoms with van der Waals surface area (Å²) >= 11 is 3.34. The van der Waals surface area contributed by atoms with Crippen molar-refractivity contribution >= 4 is 15.9 Å². The Labute approximate surface area is 91.9 Å². The molecule has 1 aromatic rings. The number of rotatable bonds is 4. The quantitative estimate of drug-likeness (QED) is 0.771. The van der Waals surface area contributed by atoms with Crippen LogP contribution in [0.25, 0.3) is 0 Å². The van der Waals surface area contributed by atoms with E-state index >= 15 is 0 Å². The fourth-order valence-electron chi connectivity index (χ4n) is 0.901. The molecule has 1 aromatic carbocycles. The number of hydrogen-bond acceptors (Lipinski definition) is 2. The van der Waals surface area contributed by atoms with E-state index in [9.17, 15) is 0 Å². The second-order valence-corrected chi connectivity index (χ2v) is 3.66. The summed E-state index contributed by atoms with van der Waals surface area (Å²) < 4.78 is 6.37. The van der Waals surface area contributed by atoms with Crippen molar-refractivity contribution in [3.05, 3.63) is 41.4 Å². The van der Waals surface area contributed by atoms with E-state index in [1.54, 1.807) is 6.08 Å². The molecule has 3 heteroatoms. The molecular weight excluding hydrogens is 242 g/mol. The lowest BCUT2D eigenvalue weighted by atomic mass is 10.2. The fraction of sp³-hybridized carbons (Fsp3) is 0.182. The van der Waals surface area contributed by atoms with Crippen LogP contribution in [-0.4, -0.2) is 6.61 Å². The Morgan fingerprint density at radius 3 is 3.00 bits per heavy atom.